The highest BCUT2D eigenvalue weighted by Gasteiger charge is 2.33. The summed E-state index contributed by atoms with van der Waals surface area (Å²) in [6, 6.07) is 18.7. The summed E-state index contributed by atoms with van der Waals surface area (Å²) in [7, 11) is -3.90. The average molecular weight is 560 g/mol. The van der Waals surface area contributed by atoms with Crippen LogP contribution in [0.2, 0.25) is 5.02 Å². The van der Waals surface area contributed by atoms with Crippen LogP contribution >= 0.6 is 11.6 Å². The number of benzene rings is 3. The van der Waals surface area contributed by atoms with Crippen LogP contribution in [0.5, 0.6) is 0 Å². The van der Waals surface area contributed by atoms with Crippen LogP contribution < -0.4 is 9.62 Å². The van der Waals surface area contributed by atoms with Crippen LogP contribution in [0.25, 0.3) is 0 Å². The summed E-state index contributed by atoms with van der Waals surface area (Å²) in [5.74, 6) is -1.40. The molecular weight excluding hydrogens is 529 g/mol. The number of nitrogens with zero attached hydrogens (tertiary/aromatic N) is 2. The van der Waals surface area contributed by atoms with Gasteiger partial charge in [0.25, 0.3) is 0 Å². The van der Waals surface area contributed by atoms with E-state index in [0.29, 0.717) is 22.7 Å². The Kier molecular flexibility index (Phi) is 9.88. The van der Waals surface area contributed by atoms with Crippen LogP contribution in [0.3, 0.4) is 0 Å². The van der Waals surface area contributed by atoms with Crippen LogP contribution in [0.1, 0.15) is 23.6 Å². The quantitative estimate of drug-likeness (QED) is 0.379. The van der Waals surface area contributed by atoms with Crippen molar-refractivity contribution in [2.24, 2.45) is 0 Å². The maximum atomic E-state index is 13.9. The lowest BCUT2D eigenvalue weighted by Gasteiger charge is -2.33. The Labute approximate surface area is 228 Å². The molecule has 1 atom stereocenters. The number of nitrogens with one attached hydrogen (secondary N) is 1. The first-order chi connectivity index (χ1) is 18.0. The Bertz CT molecular complexity index is 1370. The van der Waals surface area contributed by atoms with Gasteiger partial charge < -0.3 is 10.2 Å². The molecule has 1 unspecified atom stereocenters. The van der Waals surface area contributed by atoms with Gasteiger partial charge >= 0.3 is 0 Å². The lowest BCUT2D eigenvalue weighted by molar-refractivity contribution is -0.140. The lowest BCUT2D eigenvalue weighted by atomic mass is 10.0. The summed E-state index contributed by atoms with van der Waals surface area (Å²) < 4.78 is 40.3. The summed E-state index contributed by atoms with van der Waals surface area (Å²) in [5.41, 5.74) is 2.30. The first-order valence-corrected chi connectivity index (χ1v) is 14.3. The molecule has 0 fully saturated rings. The molecular formula is C28H31ClFN3O4S. The van der Waals surface area contributed by atoms with Gasteiger partial charge in [-0.05, 0) is 54.8 Å². The molecule has 1 N–H and O–H groups in total. The molecule has 0 saturated carbocycles. The second kappa shape index (κ2) is 12.9. The highest BCUT2D eigenvalue weighted by Crippen LogP contribution is 2.27. The number of carbonyl (C=O) groups is 2. The third-order valence-electron chi connectivity index (χ3n) is 6.01. The van der Waals surface area contributed by atoms with Crippen LogP contribution in [0, 0.1) is 12.7 Å². The molecule has 0 heterocycles. The molecule has 0 spiro atoms. The van der Waals surface area contributed by atoms with Gasteiger partial charge in [0.05, 0.1) is 11.9 Å². The SMILES string of the molecule is CCNC(=O)C(Cc1ccccc1)N(Cc1ccc(F)cc1)C(=O)CN(c1cc(Cl)ccc1C)S(C)(=O)=O. The van der Waals surface area contributed by atoms with Crippen LogP contribution in [-0.2, 0) is 32.6 Å². The van der Waals surface area contributed by atoms with Crippen molar-refractivity contribution >= 4 is 39.1 Å². The van der Waals surface area contributed by atoms with Crippen molar-refractivity contribution < 1.29 is 22.4 Å². The average Bonchev–Trinajstić information content (AvgIpc) is 2.87. The minimum Gasteiger partial charge on any atom is -0.355 e. The largest absolute Gasteiger partial charge is 0.355 e. The zero-order chi connectivity index (χ0) is 27.9. The molecule has 38 heavy (non-hydrogen) atoms. The second-order valence-electron chi connectivity index (χ2n) is 8.95. The number of carbonyl (C=O) groups excluding carboxylic acids is 2. The normalized spacial score (nSPS) is 12.0. The molecule has 0 aliphatic rings. The number of anilines is 1. The van der Waals surface area contributed by atoms with Gasteiger partial charge in [-0.2, -0.15) is 0 Å². The molecule has 0 aliphatic heterocycles. The maximum Gasteiger partial charge on any atom is 0.244 e. The number of likely N-dealkylation sites (N-methyl/N-ethyl adjacent to an activating group) is 1. The van der Waals surface area contributed by atoms with Gasteiger partial charge in [-0.25, -0.2) is 12.8 Å². The zero-order valence-corrected chi connectivity index (χ0v) is 23.1. The molecule has 3 rings (SSSR count). The number of amides is 2. The molecule has 0 bridgehead atoms. The van der Waals surface area contributed by atoms with Crippen molar-refractivity contribution in [2.75, 3.05) is 23.7 Å². The Balaban J connectivity index is 2.06. The van der Waals surface area contributed by atoms with Gasteiger partial charge in [-0.15, -0.1) is 0 Å². The van der Waals surface area contributed by atoms with E-state index < -0.39 is 34.3 Å². The highest BCUT2D eigenvalue weighted by atomic mass is 35.5. The van der Waals surface area contributed by atoms with E-state index in [2.05, 4.69) is 5.32 Å². The summed E-state index contributed by atoms with van der Waals surface area (Å²) in [6.07, 6.45) is 1.21. The molecule has 0 aromatic heterocycles. The Morgan fingerprint density at radius 1 is 1.00 bits per heavy atom. The molecule has 10 heteroatoms. The number of hydrogen-bond acceptors (Lipinski definition) is 4. The van der Waals surface area contributed by atoms with Gasteiger partial charge in [0, 0.05) is 24.5 Å². The van der Waals surface area contributed by atoms with Crippen LogP contribution in [-0.4, -0.2) is 50.5 Å². The number of rotatable bonds is 11. The smallest absolute Gasteiger partial charge is 0.244 e. The van der Waals surface area contributed by atoms with Crippen molar-refractivity contribution in [3.8, 4) is 0 Å². The van der Waals surface area contributed by atoms with Gasteiger partial charge in [0.2, 0.25) is 21.8 Å². The Morgan fingerprint density at radius 2 is 1.66 bits per heavy atom. The van der Waals surface area contributed by atoms with E-state index in [0.717, 1.165) is 16.1 Å². The monoisotopic (exact) mass is 559 g/mol. The zero-order valence-electron chi connectivity index (χ0n) is 21.5. The second-order valence-corrected chi connectivity index (χ2v) is 11.3. The summed E-state index contributed by atoms with van der Waals surface area (Å²) >= 11 is 6.15. The fourth-order valence-corrected chi connectivity index (χ4v) is 5.14. The number of sulfonamides is 1. The van der Waals surface area contributed by atoms with Crippen LogP contribution in [0.15, 0.2) is 72.8 Å². The minimum absolute atomic E-state index is 0.0279. The summed E-state index contributed by atoms with van der Waals surface area (Å²) in [4.78, 5) is 28.5. The third kappa shape index (κ3) is 7.79. The van der Waals surface area contributed by atoms with E-state index in [1.807, 2.05) is 30.3 Å². The highest BCUT2D eigenvalue weighted by molar-refractivity contribution is 7.92. The number of aryl methyl sites for hydroxylation is 1. The Morgan fingerprint density at radius 3 is 2.26 bits per heavy atom. The van der Waals surface area contributed by atoms with Crippen molar-refractivity contribution in [1.29, 1.82) is 0 Å². The van der Waals surface area contributed by atoms with E-state index >= 15 is 0 Å². The molecule has 202 valence electrons. The summed E-state index contributed by atoms with van der Waals surface area (Å²) in [5, 5.41) is 3.10. The first-order valence-electron chi connectivity index (χ1n) is 12.1. The number of hydrogen-bond donors (Lipinski definition) is 1. The number of halogens is 2. The molecule has 0 aliphatic carbocycles. The van der Waals surface area contributed by atoms with Gasteiger partial charge in [-0.3, -0.25) is 13.9 Å². The standard InChI is InChI=1S/C28H31ClFN3O4S/c1-4-31-28(35)26(16-21-8-6-5-7-9-21)32(18-22-11-14-24(30)15-12-22)27(34)19-33(38(3,36)37)25-17-23(29)13-10-20(25)2/h5-15,17,26H,4,16,18-19H2,1-3H3,(H,31,35). The van der Waals surface area contributed by atoms with Crippen molar-refractivity contribution in [2.45, 2.75) is 32.9 Å². The fraction of sp³-hybridized carbons (Fsp3) is 0.286. The lowest BCUT2D eigenvalue weighted by Crippen LogP contribution is -2.53. The van der Waals surface area contributed by atoms with Crippen molar-refractivity contribution in [3.63, 3.8) is 0 Å². The first kappa shape index (κ1) is 29.1. The predicted octanol–water partition coefficient (Wildman–Crippen LogP) is 4.33. The molecule has 3 aromatic rings. The predicted molar refractivity (Wildman–Crippen MR) is 148 cm³/mol. The molecule has 0 saturated heterocycles. The van der Waals surface area contributed by atoms with Gasteiger partial charge in [0.15, 0.2) is 0 Å². The van der Waals surface area contributed by atoms with Gasteiger partial charge in [-0.1, -0.05) is 60.1 Å². The van der Waals surface area contributed by atoms with E-state index in [1.165, 1.54) is 35.2 Å². The van der Waals surface area contributed by atoms with E-state index in [-0.39, 0.29) is 24.6 Å². The van der Waals surface area contributed by atoms with Crippen LogP contribution in [0.4, 0.5) is 10.1 Å². The molecule has 3 aromatic carbocycles. The Hall–Kier alpha value is -3.43. The molecule has 0 radical (unpaired) electrons. The fourth-order valence-electron chi connectivity index (χ4n) is 4.08. The molecule has 7 nitrogen and oxygen atoms in total. The van der Waals surface area contributed by atoms with E-state index in [4.69, 9.17) is 11.6 Å². The van der Waals surface area contributed by atoms with E-state index in [9.17, 15) is 22.4 Å². The van der Waals surface area contributed by atoms with Gasteiger partial charge in [0.1, 0.15) is 18.4 Å². The van der Waals surface area contributed by atoms with E-state index in [1.54, 1.807) is 26.0 Å². The maximum absolute atomic E-state index is 13.9. The van der Waals surface area contributed by atoms with Crippen molar-refractivity contribution in [1.82, 2.24) is 10.2 Å². The minimum atomic E-state index is -3.90. The summed E-state index contributed by atoms with van der Waals surface area (Å²) in [6.45, 7) is 3.26. The van der Waals surface area contributed by atoms with Crippen molar-refractivity contribution in [3.05, 3.63) is 100 Å². The third-order valence-corrected chi connectivity index (χ3v) is 7.37. The molecule has 2 amide bonds. The topological polar surface area (TPSA) is 86.8 Å².